The molecule has 4 aliphatic carbocycles. The van der Waals surface area contributed by atoms with Crippen LogP contribution in [0.15, 0.2) is 23.8 Å². The van der Waals surface area contributed by atoms with Crippen molar-refractivity contribution in [1.82, 2.24) is 0 Å². The van der Waals surface area contributed by atoms with Gasteiger partial charge in [-0.15, -0.1) is 0 Å². The molecule has 0 nitrogen and oxygen atoms in total. The summed E-state index contributed by atoms with van der Waals surface area (Å²) in [5, 5.41) is 0. The second-order valence-corrected chi connectivity index (χ2v) is 9.42. The number of hydrogen-bond acceptors (Lipinski definition) is 0. The largest absolute Gasteiger partial charge is 0.0995 e. The summed E-state index contributed by atoms with van der Waals surface area (Å²) in [5.74, 6) is 3.97. The van der Waals surface area contributed by atoms with Crippen molar-refractivity contribution in [2.24, 2.45) is 34.5 Å². The van der Waals surface area contributed by atoms with Crippen LogP contribution in [0.3, 0.4) is 0 Å². The average Bonchev–Trinajstić information content (AvgIpc) is 2.82. The van der Waals surface area contributed by atoms with E-state index >= 15 is 0 Å². The first-order valence-electron chi connectivity index (χ1n) is 9.85. The Morgan fingerprint density at radius 3 is 2.73 bits per heavy atom. The molecule has 0 bridgehead atoms. The third kappa shape index (κ3) is 1.88. The maximum Gasteiger partial charge on any atom is -0.00482 e. The van der Waals surface area contributed by atoms with Crippen molar-refractivity contribution in [3.63, 3.8) is 0 Å². The van der Waals surface area contributed by atoms with Gasteiger partial charge in [0.2, 0.25) is 0 Å². The van der Waals surface area contributed by atoms with Crippen molar-refractivity contribution >= 4 is 0 Å². The molecule has 0 unspecified atom stereocenters. The molecule has 0 aromatic rings. The van der Waals surface area contributed by atoms with Crippen LogP contribution in [0.4, 0.5) is 0 Å². The summed E-state index contributed by atoms with van der Waals surface area (Å²) in [6.07, 6.45) is 15.3. The molecule has 0 aromatic heterocycles. The van der Waals surface area contributed by atoms with Crippen molar-refractivity contribution in [3.05, 3.63) is 23.8 Å². The number of fused-ring (bicyclic) bond motifs is 5. The number of hydrogen-bond donors (Lipinski definition) is 0. The fourth-order valence-corrected chi connectivity index (χ4v) is 7.55. The molecule has 0 spiro atoms. The third-order valence-corrected chi connectivity index (χ3v) is 8.68. The van der Waals surface area contributed by atoms with Crippen LogP contribution in [-0.2, 0) is 0 Å². The molecule has 0 aliphatic heterocycles. The van der Waals surface area contributed by atoms with Crippen molar-refractivity contribution in [3.8, 4) is 0 Å². The minimum absolute atomic E-state index is 0.462. The molecule has 0 N–H and O–H groups in total. The average molecular weight is 299 g/mol. The topological polar surface area (TPSA) is 0 Å². The van der Waals surface area contributed by atoms with Crippen molar-refractivity contribution in [2.75, 3.05) is 0 Å². The molecule has 0 saturated heterocycles. The summed E-state index contributed by atoms with van der Waals surface area (Å²) in [7, 11) is 0. The molecule has 6 atom stereocenters. The van der Waals surface area contributed by atoms with Crippen molar-refractivity contribution < 1.29 is 0 Å². The number of allylic oxidation sites excluding steroid dienone is 3. The van der Waals surface area contributed by atoms with Crippen molar-refractivity contribution in [2.45, 2.75) is 78.6 Å². The van der Waals surface area contributed by atoms with Crippen LogP contribution >= 0.6 is 0 Å². The summed E-state index contributed by atoms with van der Waals surface area (Å²) in [6, 6.07) is 0. The normalized spacial score (nSPS) is 50.9. The van der Waals surface area contributed by atoms with Gasteiger partial charge in [0.25, 0.3) is 0 Å². The number of rotatable bonds is 1. The highest BCUT2D eigenvalue weighted by Crippen LogP contribution is 2.67. The molecule has 0 heteroatoms. The summed E-state index contributed by atoms with van der Waals surface area (Å²) in [4.78, 5) is 0. The van der Waals surface area contributed by atoms with Gasteiger partial charge in [-0.25, -0.2) is 0 Å². The summed E-state index contributed by atoms with van der Waals surface area (Å²) in [5.41, 5.74) is 4.41. The highest BCUT2D eigenvalue weighted by atomic mass is 14.6. The highest BCUT2D eigenvalue weighted by molar-refractivity contribution is 5.29. The van der Waals surface area contributed by atoms with E-state index in [1.165, 1.54) is 56.9 Å². The Kier molecular flexibility index (Phi) is 3.41. The Balaban J connectivity index is 1.67. The van der Waals surface area contributed by atoms with E-state index in [0.717, 1.165) is 30.1 Å². The molecule has 0 aromatic carbocycles. The van der Waals surface area contributed by atoms with Crippen LogP contribution in [-0.4, -0.2) is 0 Å². The molecular formula is C22H34. The van der Waals surface area contributed by atoms with Gasteiger partial charge in [0, 0.05) is 0 Å². The highest BCUT2D eigenvalue weighted by Gasteiger charge is 2.58. The molecule has 0 heterocycles. The van der Waals surface area contributed by atoms with Gasteiger partial charge in [0.05, 0.1) is 0 Å². The molecule has 0 amide bonds. The smallest absolute Gasteiger partial charge is 0.00482 e. The molecule has 122 valence electrons. The van der Waals surface area contributed by atoms with E-state index in [1.54, 1.807) is 5.57 Å². The molecule has 3 saturated carbocycles. The Morgan fingerprint density at radius 2 is 1.95 bits per heavy atom. The maximum absolute atomic E-state index is 4.35. The van der Waals surface area contributed by atoms with Gasteiger partial charge >= 0.3 is 0 Å². The summed E-state index contributed by atoms with van der Waals surface area (Å²) in [6.45, 7) is 12.0. The Bertz CT molecular complexity index is 512. The quantitative estimate of drug-likeness (QED) is 0.483. The van der Waals surface area contributed by atoms with Crippen LogP contribution in [0.1, 0.15) is 78.6 Å². The van der Waals surface area contributed by atoms with E-state index in [0.29, 0.717) is 10.8 Å². The zero-order chi connectivity index (χ0) is 15.5. The minimum Gasteiger partial charge on any atom is -0.0995 e. The standard InChI is InChI=1S/C22H34/c1-5-16-9-11-19-18-10-8-17-7-6-15(2)14-22(17,4)20(18)12-13-21(16,19)3/h7,16,18-20H,2,5-6,8-14H2,1,3-4H3/t16-,18-,19-,20-,21+,22-/m0/s1. The molecule has 22 heavy (non-hydrogen) atoms. The Hall–Kier alpha value is -0.520. The molecule has 4 rings (SSSR count). The first kappa shape index (κ1) is 15.0. The third-order valence-electron chi connectivity index (χ3n) is 8.68. The van der Waals surface area contributed by atoms with Crippen LogP contribution in [0.2, 0.25) is 0 Å². The second-order valence-electron chi connectivity index (χ2n) is 9.42. The van der Waals surface area contributed by atoms with Gasteiger partial charge in [0.1, 0.15) is 0 Å². The Morgan fingerprint density at radius 1 is 1.14 bits per heavy atom. The molecule has 4 aliphatic rings. The van der Waals surface area contributed by atoms with Crippen LogP contribution in [0, 0.1) is 34.5 Å². The Labute approximate surface area is 137 Å². The van der Waals surface area contributed by atoms with Crippen LogP contribution < -0.4 is 0 Å². The fraction of sp³-hybridized carbons (Fsp3) is 0.818. The van der Waals surface area contributed by atoms with Gasteiger partial charge in [-0.05, 0) is 85.9 Å². The van der Waals surface area contributed by atoms with E-state index in [2.05, 4.69) is 33.4 Å². The van der Waals surface area contributed by atoms with Gasteiger partial charge in [-0.3, -0.25) is 0 Å². The van der Waals surface area contributed by atoms with Crippen molar-refractivity contribution in [1.29, 1.82) is 0 Å². The fourth-order valence-electron chi connectivity index (χ4n) is 7.55. The predicted octanol–water partition coefficient (Wildman–Crippen LogP) is 6.53. The lowest BCUT2D eigenvalue weighted by atomic mass is 9.46. The molecular weight excluding hydrogens is 264 g/mol. The van der Waals surface area contributed by atoms with Gasteiger partial charge in [-0.1, -0.05) is 51.0 Å². The van der Waals surface area contributed by atoms with E-state index in [-0.39, 0.29) is 0 Å². The van der Waals surface area contributed by atoms with Gasteiger partial charge in [-0.2, -0.15) is 0 Å². The maximum atomic E-state index is 4.35. The minimum atomic E-state index is 0.462. The second kappa shape index (κ2) is 4.99. The van der Waals surface area contributed by atoms with Crippen LogP contribution in [0.5, 0.6) is 0 Å². The van der Waals surface area contributed by atoms with E-state index in [1.807, 2.05) is 0 Å². The monoisotopic (exact) mass is 298 g/mol. The van der Waals surface area contributed by atoms with E-state index in [4.69, 9.17) is 0 Å². The van der Waals surface area contributed by atoms with Gasteiger partial charge < -0.3 is 0 Å². The van der Waals surface area contributed by atoms with Gasteiger partial charge in [0.15, 0.2) is 0 Å². The lowest BCUT2D eigenvalue weighted by Crippen LogP contribution is -2.50. The van der Waals surface area contributed by atoms with E-state index in [9.17, 15) is 0 Å². The van der Waals surface area contributed by atoms with E-state index < -0.39 is 0 Å². The lowest BCUT2D eigenvalue weighted by molar-refractivity contribution is -0.0479. The summed E-state index contributed by atoms with van der Waals surface area (Å²) < 4.78 is 0. The molecule has 0 radical (unpaired) electrons. The first-order valence-corrected chi connectivity index (χ1v) is 9.85. The predicted molar refractivity (Wildman–Crippen MR) is 94.6 cm³/mol. The SMILES string of the molecule is C=C1CC=C2CC[C@H]3[C@@H]4CC[C@H](CC)[C@@]4(C)CC[C@@H]3[C@@]2(C)C1. The van der Waals surface area contributed by atoms with Crippen LogP contribution in [0.25, 0.3) is 0 Å². The first-order chi connectivity index (χ1) is 10.5. The molecule has 3 fully saturated rings. The zero-order valence-corrected chi connectivity index (χ0v) is 15.0. The lowest BCUT2D eigenvalue weighted by Gasteiger charge is -2.58. The summed E-state index contributed by atoms with van der Waals surface area (Å²) >= 11 is 0. The zero-order valence-electron chi connectivity index (χ0n) is 15.0.